The van der Waals surface area contributed by atoms with Gasteiger partial charge in [-0.25, -0.2) is 4.79 Å². The molecule has 0 radical (unpaired) electrons. The molecule has 5 heteroatoms. The molecule has 4 nitrogen and oxygen atoms in total. The van der Waals surface area contributed by atoms with Crippen LogP contribution >= 0.6 is 15.9 Å². The van der Waals surface area contributed by atoms with Gasteiger partial charge in [-0.2, -0.15) is 0 Å². The average Bonchev–Trinajstić information content (AvgIpc) is 2.29. The highest BCUT2D eigenvalue weighted by Crippen LogP contribution is 2.11. The SMILES string of the molecule is C[C@H](NC(=O)Cc1ccc(Br)cc1)C(=O)OC(C)(C)C. The maximum atomic E-state index is 11.8. The minimum atomic E-state index is -0.655. The van der Waals surface area contributed by atoms with Crippen molar-refractivity contribution in [1.82, 2.24) is 5.32 Å². The zero-order chi connectivity index (χ0) is 15.3. The highest BCUT2D eigenvalue weighted by Gasteiger charge is 2.22. The number of amides is 1. The number of esters is 1. The van der Waals surface area contributed by atoms with Crippen molar-refractivity contribution in [3.63, 3.8) is 0 Å². The maximum absolute atomic E-state index is 11.8. The summed E-state index contributed by atoms with van der Waals surface area (Å²) in [6, 6.07) is 6.82. The predicted molar refractivity (Wildman–Crippen MR) is 81.3 cm³/mol. The van der Waals surface area contributed by atoms with E-state index in [2.05, 4.69) is 21.2 Å². The Bertz CT molecular complexity index is 477. The number of rotatable bonds is 4. The van der Waals surface area contributed by atoms with Crippen molar-refractivity contribution in [2.75, 3.05) is 0 Å². The lowest BCUT2D eigenvalue weighted by atomic mass is 10.1. The fraction of sp³-hybridized carbons (Fsp3) is 0.467. The highest BCUT2D eigenvalue weighted by molar-refractivity contribution is 9.10. The molecular formula is C15H20BrNO3. The van der Waals surface area contributed by atoms with Crippen molar-refractivity contribution in [1.29, 1.82) is 0 Å². The number of ether oxygens (including phenoxy) is 1. The summed E-state index contributed by atoms with van der Waals surface area (Å²) in [5.74, 6) is -0.632. The first kappa shape index (κ1) is 16.7. The van der Waals surface area contributed by atoms with Crippen LogP contribution in [0.2, 0.25) is 0 Å². The van der Waals surface area contributed by atoms with Crippen LogP contribution in [-0.4, -0.2) is 23.5 Å². The minimum absolute atomic E-state index is 0.203. The summed E-state index contributed by atoms with van der Waals surface area (Å²) in [6.07, 6.45) is 0.237. The molecule has 0 aliphatic heterocycles. The second-order valence-electron chi connectivity index (χ2n) is 5.63. The topological polar surface area (TPSA) is 55.4 Å². The molecule has 0 saturated heterocycles. The number of carbonyl (C=O) groups excluding carboxylic acids is 2. The Hall–Kier alpha value is -1.36. The Labute approximate surface area is 128 Å². The molecule has 0 bridgehead atoms. The Kier molecular flexibility index (Phi) is 5.74. The van der Waals surface area contributed by atoms with E-state index in [1.165, 1.54) is 0 Å². The van der Waals surface area contributed by atoms with E-state index in [0.29, 0.717) is 0 Å². The number of halogens is 1. The van der Waals surface area contributed by atoms with E-state index < -0.39 is 17.6 Å². The van der Waals surface area contributed by atoms with Gasteiger partial charge in [-0.15, -0.1) is 0 Å². The van der Waals surface area contributed by atoms with Crippen LogP contribution in [0.3, 0.4) is 0 Å². The Morgan fingerprint density at radius 1 is 1.25 bits per heavy atom. The molecule has 1 atom stereocenters. The lowest BCUT2D eigenvalue weighted by Crippen LogP contribution is -2.42. The van der Waals surface area contributed by atoms with Gasteiger partial charge in [0.15, 0.2) is 0 Å². The number of hydrogen-bond donors (Lipinski definition) is 1. The number of benzene rings is 1. The summed E-state index contributed by atoms with van der Waals surface area (Å²) in [5.41, 5.74) is 0.337. The molecule has 1 aromatic rings. The fourth-order valence-corrected chi connectivity index (χ4v) is 1.79. The van der Waals surface area contributed by atoms with Gasteiger partial charge in [-0.3, -0.25) is 4.79 Å². The molecule has 20 heavy (non-hydrogen) atoms. The van der Waals surface area contributed by atoms with E-state index in [0.717, 1.165) is 10.0 Å². The van der Waals surface area contributed by atoms with E-state index in [1.807, 2.05) is 24.3 Å². The van der Waals surface area contributed by atoms with E-state index in [-0.39, 0.29) is 12.3 Å². The van der Waals surface area contributed by atoms with Crippen molar-refractivity contribution in [2.45, 2.75) is 45.8 Å². The molecule has 1 amide bonds. The first-order valence-electron chi connectivity index (χ1n) is 6.44. The summed E-state index contributed by atoms with van der Waals surface area (Å²) in [4.78, 5) is 23.6. The van der Waals surface area contributed by atoms with Crippen LogP contribution in [-0.2, 0) is 20.7 Å². The maximum Gasteiger partial charge on any atom is 0.328 e. The smallest absolute Gasteiger partial charge is 0.328 e. The molecule has 0 aromatic heterocycles. The molecule has 1 aromatic carbocycles. The normalized spacial score (nSPS) is 12.7. The van der Waals surface area contributed by atoms with Gasteiger partial charge < -0.3 is 10.1 Å². The summed E-state index contributed by atoms with van der Waals surface area (Å²) in [6.45, 7) is 7.00. The molecule has 0 saturated carbocycles. The van der Waals surface area contributed by atoms with Gasteiger partial charge in [-0.05, 0) is 45.4 Å². The van der Waals surface area contributed by atoms with Crippen molar-refractivity contribution in [3.05, 3.63) is 34.3 Å². The number of hydrogen-bond acceptors (Lipinski definition) is 3. The van der Waals surface area contributed by atoms with Crippen LogP contribution in [0.1, 0.15) is 33.3 Å². The van der Waals surface area contributed by atoms with Crippen LogP contribution in [0, 0.1) is 0 Å². The largest absolute Gasteiger partial charge is 0.458 e. The Morgan fingerprint density at radius 2 is 1.80 bits per heavy atom. The lowest BCUT2D eigenvalue weighted by molar-refractivity contribution is -0.158. The summed E-state index contributed by atoms with van der Waals surface area (Å²) >= 11 is 3.34. The fourth-order valence-electron chi connectivity index (χ4n) is 1.53. The van der Waals surface area contributed by atoms with Gasteiger partial charge in [0.05, 0.1) is 6.42 Å². The van der Waals surface area contributed by atoms with Gasteiger partial charge in [0, 0.05) is 4.47 Å². The van der Waals surface area contributed by atoms with E-state index >= 15 is 0 Å². The molecule has 1 rings (SSSR count). The standard InChI is InChI=1S/C15H20BrNO3/c1-10(14(19)20-15(2,3)4)17-13(18)9-11-5-7-12(16)8-6-11/h5-8,10H,9H2,1-4H3,(H,17,18)/t10-/m0/s1. The quantitative estimate of drug-likeness (QED) is 0.856. The first-order chi connectivity index (χ1) is 9.17. The van der Waals surface area contributed by atoms with Crippen molar-refractivity contribution in [2.24, 2.45) is 0 Å². The van der Waals surface area contributed by atoms with Gasteiger partial charge in [0.2, 0.25) is 5.91 Å². The van der Waals surface area contributed by atoms with Crippen molar-refractivity contribution < 1.29 is 14.3 Å². The zero-order valence-electron chi connectivity index (χ0n) is 12.2. The van der Waals surface area contributed by atoms with Crippen LogP contribution in [0.25, 0.3) is 0 Å². The Morgan fingerprint density at radius 3 is 2.30 bits per heavy atom. The van der Waals surface area contributed by atoms with Crippen LogP contribution in [0.15, 0.2) is 28.7 Å². The van der Waals surface area contributed by atoms with Crippen molar-refractivity contribution in [3.8, 4) is 0 Å². The Balaban J connectivity index is 2.49. The molecule has 0 heterocycles. The van der Waals surface area contributed by atoms with Crippen LogP contribution in [0.4, 0.5) is 0 Å². The second-order valence-corrected chi connectivity index (χ2v) is 6.54. The highest BCUT2D eigenvalue weighted by atomic mass is 79.9. The van der Waals surface area contributed by atoms with Crippen LogP contribution in [0.5, 0.6) is 0 Å². The van der Waals surface area contributed by atoms with Gasteiger partial charge in [-0.1, -0.05) is 28.1 Å². The molecule has 110 valence electrons. The van der Waals surface area contributed by atoms with E-state index in [1.54, 1.807) is 27.7 Å². The zero-order valence-corrected chi connectivity index (χ0v) is 13.8. The molecule has 0 unspecified atom stereocenters. The van der Waals surface area contributed by atoms with Gasteiger partial charge >= 0.3 is 5.97 Å². The predicted octanol–water partition coefficient (Wildman–Crippen LogP) is 2.84. The summed E-state index contributed by atoms with van der Waals surface area (Å²) < 4.78 is 6.17. The lowest BCUT2D eigenvalue weighted by Gasteiger charge is -2.22. The molecule has 0 fully saturated rings. The summed E-state index contributed by atoms with van der Waals surface area (Å²) in [5, 5.41) is 2.64. The van der Waals surface area contributed by atoms with Crippen molar-refractivity contribution >= 4 is 27.8 Å². The monoisotopic (exact) mass is 341 g/mol. The molecule has 0 aliphatic carbocycles. The van der Waals surface area contributed by atoms with Gasteiger partial charge in [0.25, 0.3) is 0 Å². The second kappa shape index (κ2) is 6.88. The van der Waals surface area contributed by atoms with E-state index in [4.69, 9.17) is 4.74 Å². The summed E-state index contributed by atoms with van der Waals surface area (Å²) in [7, 11) is 0. The first-order valence-corrected chi connectivity index (χ1v) is 7.23. The third-order valence-electron chi connectivity index (χ3n) is 2.42. The molecular weight excluding hydrogens is 322 g/mol. The molecule has 1 N–H and O–H groups in total. The number of nitrogens with one attached hydrogen (secondary N) is 1. The van der Waals surface area contributed by atoms with Crippen LogP contribution < -0.4 is 5.32 Å². The molecule has 0 spiro atoms. The third-order valence-corrected chi connectivity index (χ3v) is 2.94. The minimum Gasteiger partial charge on any atom is -0.458 e. The number of carbonyl (C=O) groups is 2. The average molecular weight is 342 g/mol. The van der Waals surface area contributed by atoms with Gasteiger partial charge in [0.1, 0.15) is 11.6 Å². The molecule has 0 aliphatic rings. The van der Waals surface area contributed by atoms with E-state index in [9.17, 15) is 9.59 Å². The third kappa shape index (κ3) is 6.19.